The van der Waals surface area contributed by atoms with Gasteiger partial charge in [0.25, 0.3) is 0 Å². The summed E-state index contributed by atoms with van der Waals surface area (Å²) >= 11 is 0. The maximum atomic E-state index is 14.6. The normalized spacial score (nSPS) is 25.6. The summed E-state index contributed by atoms with van der Waals surface area (Å²) in [4.78, 5) is 59.2. The van der Waals surface area contributed by atoms with Gasteiger partial charge >= 0.3 is 5.97 Å². The van der Waals surface area contributed by atoms with Crippen molar-refractivity contribution in [3.63, 3.8) is 0 Å². The first kappa shape index (κ1) is 36.0. The maximum Gasteiger partial charge on any atom is 0.313 e. The van der Waals surface area contributed by atoms with E-state index in [2.05, 4.69) is 18.5 Å². The number of nitrogens with zero attached hydrogens (tertiary/aromatic N) is 2. The summed E-state index contributed by atoms with van der Waals surface area (Å²) in [6.45, 7) is 9.41. The Bertz CT molecular complexity index is 1500. The van der Waals surface area contributed by atoms with Crippen LogP contribution in [0.25, 0.3) is 0 Å². The Morgan fingerprint density at radius 2 is 1.82 bits per heavy atom. The van der Waals surface area contributed by atoms with E-state index >= 15 is 0 Å². The summed E-state index contributed by atoms with van der Waals surface area (Å²) in [6.07, 6.45) is 3.23. The van der Waals surface area contributed by atoms with Crippen LogP contribution in [0.2, 0.25) is 0 Å². The van der Waals surface area contributed by atoms with Gasteiger partial charge < -0.3 is 34.4 Å². The molecule has 0 radical (unpaired) electrons. The van der Waals surface area contributed by atoms with Gasteiger partial charge in [0, 0.05) is 26.6 Å². The highest BCUT2D eigenvalue weighted by atomic mass is 16.6. The van der Waals surface area contributed by atoms with Gasteiger partial charge in [0.2, 0.25) is 17.7 Å². The first-order valence-corrected chi connectivity index (χ1v) is 16.9. The second-order valence-corrected chi connectivity index (χ2v) is 13.1. The molecule has 1 spiro atoms. The standard InChI is InChI=1S/C38H47N3O8/c1-5-7-18-30(43)39-28(24-47-4)33(27-16-12-9-13-17-27)48-37(46)31-29-19-20-38(49-29)32(31)35(44)41(25(3)23-42)34(38)36(45)40(21-6-2)22-26-14-10-8-11-15-26/h5-6,8-17,25,28-29,31-34,42H,1-2,7,18-24H2,3-4H3,(H,39,43)/t25-,28-,29-,31+,32+,33-,34-,38+/m1/s1. The van der Waals surface area contributed by atoms with Crippen molar-refractivity contribution < 1.29 is 38.5 Å². The second kappa shape index (κ2) is 15.9. The average Bonchev–Trinajstić information content (AvgIpc) is 3.76. The highest BCUT2D eigenvalue weighted by Crippen LogP contribution is 2.59. The molecule has 3 fully saturated rings. The molecule has 0 unspecified atom stereocenters. The molecule has 5 rings (SSSR count). The number of rotatable bonds is 17. The number of aliphatic hydroxyl groups excluding tert-OH is 1. The SMILES string of the molecule is C=CCCC(=O)N[C@H](COC)[C@H](OC(=O)[C@@H]1[C@H]2C(=O)N([C@H](C)CO)[C@H](C(=O)N(CC=C)Cc3ccccc3)[C@]23CC[C@H]1O3)c1ccccc1. The number of methoxy groups -OCH3 is 1. The number of allylic oxidation sites excluding steroid dienone is 1. The van der Waals surface area contributed by atoms with Gasteiger partial charge in [0.05, 0.1) is 43.2 Å². The number of carbonyl (C=O) groups excluding carboxylic acids is 4. The number of carbonyl (C=O) groups is 4. The molecule has 8 atom stereocenters. The molecule has 49 heavy (non-hydrogen) atoms. The lowest BCUT2D eigenvalue weighted by atomic mass is 9.70. The molecule has 3 saturated heterocycles. The largest absolute Gasteiger partial charge is 0.455 e. The summed E-state index contributed by atoms with van der Waals surface area (Å²) in [6, 6.07) is 16.1. The zero-order chi connectivity index (χ0) is 35.1. The number of fused-ring (bicyclic) bond motifs is 1. The molecule has 3 heterocycles. The van der Waals surface area contributed by atoms with Gasteiger partial charge in [-0.3, -0.25) is 19.2 Å². The molecule has 262 valence electrons. The molecule has 0 saturated carbocycles. The summed E-state index contributed by atoms with van der Waals surface area (Å²) in [5.41, 5.74) is 0.267. The third kappa shape index (κ3) is 7.20. The molecule has 3 amide bonds. The van der Waals surface area contributed by atoms with Crippen molar-refractivity contribution in [1.82, 2.24) is 15.1 Å². The number of amides is 3. The van der Waals surface area contributed by atoms with Gasteiger partial charge in [-0.25, -0.2) is 0 Å². The van der Waals surface area contributed by atoms with Crippen molar-refractivity contribution >= 4 is 23.7 Å². The molecule has 2 aromatic rings. The van der Waals surface area contributed by atoms with Crippen LogP contribution < -0.4 is 5.32 Å². The quantitative estimate of drug-likeness (QED) is 0.193. The molecule has 2 aromatic carbocycles. The highest BCUT2D eigenvalue weighted by molar-refractivity contribution is 5.98. The zero-order valence-electron chi connectivity index (χ0n) is 28.2. The monoisotopic (exact) mass is 673 g/mol. The molecular weight excluding hydrogens is 626 g/mol. The topological polar surface area (TPSA) is 135 Å². The van der Waals surface area contributed by atoms with E-state index in [4.69, 9.17) is 14.2 Å². The van der Waals surface area contributed by atoms with Crippen molar-refractivity contribution in [2.75, 3.05) is 26.9 Å². The lowest BCUT2D eigenvalue weighted by molar-refractivity contribution is -0.163. The molecule has 11 nitrogen and oxygen atoms in total. The number of hydrogen-bond acceptors (Lipinski definition) is 8. The minimum atomic E-state index is -1.28. The van der Waals surface area contributed by atoms with E-state index in [9.17, 15) is 24.3 Å². The van der Waals surface area contributed by atoms with Crippen molar-refractivity contribution in [3.05, 3.63) is 97.1 Å². The fourth-order valence-electron chi connectivity index (χ4n) is 7.69. The third-order valence-corrected chi connectivity index (χ3v) is 9.87. The van der Waals surface area contributed by atoms with Crippen molar-refractivity contribution in [3.8, 4) is 0 Å². The van der Waals surface area contributed by atoms with E-state index in [1.807, 2.05) is 48.5 Å². The van der Waals surface area contributed by atoms with Gasteiger partial charge in [-0.2, -0.15) is 0 Å². The number of esters is 1. The van der Waals surface area contributed by atoms with E-state index < -0.39 is 59.6 Å². The Morgan fingerprint density at radius 1 is 1.12 bits per heavy atom. The van der Waals surface area contributed by atoms with Crippen LogP contribution in [-0.4, -0.2) is 95.3 Å². The van der Waals surface area contributed by atoms with Crippen molar-refractivity contribution in [2.45, 2.75) is 75.1 Å². The molecule has 11 heteroatoms. The van der Waals surface area contributed by atoms with Gasteiger partial charge in [0.15, 0.2) is 0 Å². The molecule has 3 aliphatic heterocycles. The van der Waals surface area contributed by atoms with E-state index in [0.717, 1.165) is 5.56 Å². The van der Waals surface area contributed by atoms with Crippen LogP contribution in [0.3, 0.4) is 0 Å². The predicted molar refractivity (Wildman–Crippen MR) is 182 cm³/mol. The van der Waals surface area contributed by atoms with Gasteiger partial charge in [0.1, 0.15) is 17.7 Å². The molecule has 0 aliphatic carbocycles. The van der Waals surface area contributed by atoms with Gasteiger partial charge in [-0.1, -0.05) is 72.8 Å². The van der Waals surface area contributed by atoms with Crippen LogP contribution in [0.5, 0.6) is 0 Å². The summed E-state index contributed by atoms with van der Waals surface area (Å²) in [7, 11) is 1.50. The molecule has 2 bridgehead atoms. The Kier molecular flexibility index (Phi) is 11.7. The molecule has 0 aromatic heterocycles. The van der Waals surface area contributed by atoms with E-state index in [-0.39, 0.29) is 44.5 Å². The van der Waals surface area contributed by atoms with Crippen molar-refractivity contribution in [2.24, 2.45) is 11.8 Å². The van der Waals surface area contributed by atoms with E-state index in [0.29, 0.717) is 24.8 Å². The Labute approximate surface area is 287 Å². The van der Waals surface area contributed by atoms with E-state index in [1.165, 1.54) is 12.0 Å². The molecule has 3 aliphatic rings. The van der Waals surface area contributed by atoms with Crippen LogP contribution in [0.4, 0.5) is 0 Å². The fourth-order valence-corrected chi connectivity index (χ4v) is 7.69. The van der Waals surface area contributed by atoms with Crippen molar-refractivity contribution in [1.29, 1.82) is 0 Å². The zero-order valence-corrected chi connectivity index (χ0v) is 28.2. The Hall–Kier alpha value is -4.32. The van der Waals surface area contributed by atoms with E-state index in [1.54, 1.807) is 36.1 Å². The fraction of sp³-hybridized carbons (Fsp3) is 0.474. The number of ether oxygens (including phenoxy) is 3. The second-order valence-electron chi connectivity index (χ2n) is 13.1. The summed E-state index contributed by atoms with van der Waals surface area (Å²) < 4.78 is 18.3. The van der Waals surface area contributed by atoms with Gasteiger partial charge in [-0.15, -0.1) is 13.2 Å². The number of aliphatic hydroxyl groups is 1. The summed E-state index contributed by atoms with van der Waals surface area (Å²) in [5.74, 6) is -3.66. The van der Waals surface area contributed by atoms with Crippen LogP contribution in [-0.2, 0) is 39.9 Å². The Balaban J connectivity index is 1.47. The van der Waals surface area contributed by atoms with Crippen LogP contribution in [0.15, 0.2) is 86.0 Å². The number of nitrogens with one attached hydrogen (secondary N) is 1. The number of likely N-dealkylation sites (tertiary alicyclic amines) is 1. The average molecular weight is 674 g/mol. The number of hydrogen-bond donors (Lipinski definition) is 2. The van der Waals surface area contributed by atoms with Gasteiger partial charge in [-0.05, 0) is 37.3 Å². The first-order chi connectivity index (χ1) is 23.7. The minimum absolute atomic E-state index is 0.0580. The highest BCUT2D eigenvalue weighted by Gasteiger charge is 2.75. The maximum absolute atomic E-state index is 14.6. The number of benzene rings is 2. The molecule has 2 N–H and O–H groups in total. The van der Waals surface area contributed by atoms with Crippen LogP contribution in [0, 0.1) is 11.8 Å². The summed E-state index contributed by atoms with van der Waals surface area (Å²) in [5, 5.41) is 13.2. The van der Waals surface area contributed by atoms with Crippen LogP contribution in [0.1, 0.15) is 49.8 Å². The predicted octanol–water partition coefficient (Wildman–Crippen LogP) is 3.34. The molecular formula is C38H47N3O8. The lowest BCUT2D eigenvalue weighted by Gasteiger charge is -2.38. The lowest BCUT2D eigenvalue weighted by Crippen LogP contribution is -2.58. The first-order valence-electron chi connectivity index (χ1n) is 16.9. The smallest absolute Gasteiger partial charge is 0.313 e. The Morgan fingerprint density at radius 3 is 2.45 bits per heavy atom. The third-order valence-electron chi connectivity index (χ3n) is 9.87. The van der Waals surface area contributed by atoms with Crippen LogP contribution >= 0.6 is 0 Å². The minimum Gasteiger partial charge on any atom is -0.455 e.